The Balaban J connectivity index is 1.43. The molecular formula is C53H69N10O18S6+. The number of hydrogen-bond acceptors (Lipinski definition) is 19. The number of amides is 4. The summed E-state index contributed by atoms with van der Waals surface area (Å²) in [6.07, 6.45) is 9.72. The molecule has 0 saturated carbocycles. The second-order valence-corrected chi connectivity index (χ2v) is 30.3. The van der Waals surface area contributed by atoms with Gasteiger partial charge in [0.2, 0.25) is 21.1 Å². The van der Waals surface area contributed by atoms with Crippen LogP contribution in [0.1, 0.15) is 115 Å². The van der Waals surface area contributed by atoms with Gasteiger partial charge in [-0.05, 0) is 87.4 Å². The highest BCUT2D eigenvalue weighted by Gasteiger charge is 2.45. The molecule has 0 unspecified atom stereocenters. The van der Waals surface area contributed by atoms with Crippen LogP contribution in [0.15, 0.2) is 89.1 Å². The first-order valence-corrected chi connectivity index (χ1v) is 35.8. The lowest BCUT2D eigenvalue weighted by atomic mass is 9.80. The Morgan fingerprint density at radius 1 is 0.724 bits per heavy atom. The van der Waals surface area contributed by atoms with Gasteiger partial charge in [0.25, 0.3) is 68.2 Å². The largest absolute Gasteiger partial charge is 0.351 e. The third kappa shape index (κ3) is 18.7. The van der Waals surface area contributed by atoms with Crippen LogP contribution in [-0.2, 0) is 66.1 Å². The van der Waals surface area contributed by atoms with Crippen LogP contribution in [-0.4, -0.2) is 188 Å². The summed E-state index contributed by atoms with van der Waals surface area (Å²) >= 11 is 0.545. The number of anilines is 2. The molecule has 0 spiro atoms. The van der Waals surface area contributed by atoms with Gasteiger partial charge >= 0.3 is 0 Å². The number of nitrogens with two attached hydrogens (primary N) is 1. The topological polar surface area (TPSA) is 421 Å². The molecule has 474 valence electrons. The van der Waals surface area contributed by atoms with Crippen LogP contribution in [0.4, 0.5) is 16.5 Å². The summed E-state index contributed by atoms with van der Waals surface area (Å²) in [5.41, 5.74) is 3.24. The maximum Gasteiger partial charge on any atom is 0.267 e. The SMILES string of the molecule is CCCC[N+]1=C(/C=C/C(=C/C=C2/N(CCCS(=O)(=O)O)c3ccc(C(=O)N(CCS(=O)(=O)O)CCS(=O)(=O)O)cc3C2(C)C)c2ccc(C(=O)NCCC(=O)Nc3nnc(S(N)(=O)=O)s3)cn2)C(C)(C)c2cc(C(=O)N(CC)CCS(=O)(=O)O)ccc21. The van der Waals surface area contributed by atoms with E-state index < -0.39 is 125 Å². The van der Waals surface area contributed by atoms with E-state index in [2.05, 4.69) is 30.4 Å². The first-order chi connectivity index (χ1) is 40.3. The third-order valence-electron chi connectivity index (χ3n) is 14.3. The van der Waals surface area contributed by atoms with Crippen molar-refractivity contribution >= 4 is 113 Å². The van der Waals surface area contributed by atoms with Gasteiger partial charge in [-0.3, -0.25) is 42.4 Å². The van der Waals surface area contributed by atoms with E-state index in [1.54, 1.807) is 54.3 Å². The highest BCUT2D eigenvalue weighted by atomic mass is 32.3. The van der Waals surface area contributed by atoms with E-state index >= 15 is 0 Å². The van der Waals surface area contributed by atoms with Crippen molar-refractivity contribution < 1.29 is 84.1 Å². The van der Waals surface area contributed by atoms with Crippen molar-refractivity contribution in [3.63, 3.8) is 0 Å². The van der Waals surface area contributed by atoms with Crippen molar-refractivity contribution in [1.82, 2.24) is 30.3 Å². The molecule has 2 aliphatic rings. The molecule has 28 nitrogen and oxygen atoms in total. The average molecular weight is 1330 g/mol. The predicted molar refractivity (Wildman–Crippen MR) is 325 cm³/mol. The monoisotopic (exact) mass is 1330 g/mol. The zero-order chi connectivity index (χ0) is 64.7. The van der Waals surface area contributed by atoms with Crippen molar-refractivity contribution in [3.8, 4) is 0 Å². The Bertz CT molecular complexity index is 4000. The number of nitrogens with zero attached hydrogens (tertiary/aromatic N) is 7. The van der Waals surface area contributed by atoms with Crippen molar-refractivity contribution in [3.05, 3.63) is 118 Å². The number of rotatable bonds is 29. The van der Waals surface area contributed by atoms with Crippen LogP contribution in [0.5, 0.6) is 0 Å². The van der Waals surface area contributed by atoms with E-state index in [0.717, 1.165) is 34.7 Å². The van der Waals surface area contributed by atoms with E-state index in [1.165, 1.54) is 29.3 Å². The molecule has 0 saturated heterocycles. The molecule has 2 aromatic heterocycles. The first-order valence-electron chi connectivity index (χ1n) is 27.0. The molecule has 34 heteroatoms. The Morgan fingerprint density at radius 3 is 1.85 bits per heavy atom. The first kappa shape index (κ1) is 69.4. The minimum Gasteiger partial charge on any atom is -0.351 e. The molecule has 0 bridgehead atoms. The van der Waals surface area contributed by atoms with Crippen LogP contribution in [0.2, 0.25) is 0 Å². The number of pyridine rings is 1. The second-order valence-electron chi connectivity index (χ2n) is 21.3. The molecule has 87 heavy (non-hydrogen) atoms. The number of primary sulfonamides is 1. The highest BCUT2D eigenvalue weighted by molar-refractivity contribution is 7.91. The molecule has 2 aliphatic heterocycles. The number of carbonyl (C=O) groups excluding carboxylic acids is 4. The summed E-state index contributed by atoms with van der Waals surface area (Å²) in [5.74, 6) is -5.67. The highest BCUT2D eigenvalue weighted by Crippen LogP contribution is 2.49. The predicted octanol–water partition coefficient (Wildman–Crippen LogP) is 3.68. The molecule has 8 N–H and O–H groups in total. The molecule has 0 aliphatic carbocycles. The summed E-state index contributed by atoms with van der Waals surface area (Å²) < 4.78 is 157. The zero-order valence-electron chi connectivity index (χ0n) is 48.3. The summed E-state index contributed by atoms with van der Waals surface area (Å²) in [7, 11) is -22.2. The summed E-state index contributed by atoms with van der Waals surface area (Å²) in [6.45, 7) is 10.4. The lowest BCUT2D eigenvalue weighted by molar-refractivity contribution is -0.438. The smallest absolute Gasteiger partial charge is 0.267 e. The van der Waals surface area contributed by atoms with Crippen LogP contribution in [0.25, 0.3) is 5.57 Å². The minimum atomic E-state index is -4.63. The normalized spacial score (nSPS) is 15.6. The Kier molecular flexibility index (Phi) is 22.1. The standard InChI is InChI=1S/C53H68N10O18S6/c1-7-9-23-62-42-17-12-36(48(66)60(8-2)25-29-84(71,72)73)32-39(42)52(3,4)44(62)19-14-35(41-16-11-38(34-56-41)47(65)55-22-21-46(64)57-50-58-59-51(82-50)87(54,80)81)15-20-45-53(5,6)40-33-37(13-18-43(40)63(45)24-10-28-83(68,69)70)49(67)61(26-30-85(74,75)76)27-31-86(77,78)79/h11-20,32-34H,7-10,21-31H2,1-6H3,(H7-,54,55,57,58,64,65,68,69,70,71,72,73,74,75,76,77,78,79,80,81)/p+1. The molecule has 4 heterocycles. The van der Waals surface area contributed by atoms with Gasteiger partial charge in [-0.15, -0.1) is 10.2 Å². The van der Waals surface area contributed by atoms with Crippen molar-refractivity contribution in [1.29, 1.82) is 0 Å². The number of benzene rings is 2. The maximum absolute atomic E-state index is 14.1. The minimum absolute atomic E-state index is 0.00635. The number of allylic oxidation sites excluding steroid dienone is 6. The van der Waals surface area contributed by atoms with Gasteiger partial charge in [-0.25, -0.2) is 13.6 Å². The Labute approximate surface area is 509 Å². The van der Waals surface area contributed by atoms with Crippen LogP contribution < -0.4 is 20.7 Å². The van der Waals surface area contributed by atoms with Crippen molar-refractivity contribution in [2.75, 3.05) is 79.0 Å². The molecular weight excluding hydrogens is 1260 g/mol. The number of unbranched alkanes of at least 4 members (excludes halogenated alkanes) is 1. The van der Waals surface area contributed by atoms with Gasteiger partial charge in [-0.1, -0.05) is 44.6 Å². The molecule has 0 fully saturated rings. The number of carbonyl (C=O) groups is 4. The fraction of sp³-hybridized carbons (Fsp3) is 0.434. The lowest BCUT2D eigenvalue weighted by Gasteiger charge is -2.27. The number of sulfonamides is 1. The number of aromatic nitrogens is 3. The zero-order valence-corrected chi connectivity index (χ0v) is 53.2. The quantitative estimate of drug-likeness (QED) is 0.0176. The van der Waals surface area contributed by atoms with E-state index in [9.17, 15) is 79.5 Å². The van der Waals surface area contributed by atoms with Crippen LogP contribution in [0.3, 0.4) is 0 Å². The molecule has 2 aromatic carbocycles. The van der Waals surface area contributed by atoms with Gasteiger partial charge in [0, 0.05) is 110 Å². The van der Waals surface area contributed by atoms with Gasteiger partial charge in [0.15, 0.2) is 5.71 Å². The van der Waals surface area contributed by atoms with E-state index in [0.29, 0.717) is 51.7 Å². The Morgan fingerprint density at radius 2 is 1.30 bits per heavy atom. The molecule has 4 amide bonds. The Hall–Kier alpha value is -6.73. The van der Waals surface area contributed by atoms with E-state index in [-0.39, 0.29) is 55.3 Å². The number of nitrogens with one attached hydrogen (secondary N) is 2. The lowest BCUT2D eigenvalue weighted by Crippen LogP contribution is -2.38. The summed E-state index contributed by atoms with van der Waals surface area (Å²) in [6, 6.07) is 12.8. The van der Waals surface area contributed by atoms with E-state index in [4.69, 9.17) is 5.14 Å². The van der Waals surface area contributed by atoms with Crippen LogP contribution >= 0.6 is 11.3 Å². The number of hydrogen-bond donors (Lipinski definition) is 7. The molecule has 6 rings (SSSR count). The fourth-order valence-electron chi connectivity index (χ4n) is 9.79. The van der Waals surface area contributed by atoms with Gasteiger partial charge in [-0.2, -0.15) is 38.2 Å². The molecule has 0 radical (unpaired) electrons. The summed E-state index contributed by atoms with van der Waals surface area (Å²) in [4.78, 5) is 62.7. The van der Waals surface area contributed by atoms with Crippen molar-refractivity contribution in [2.24, 2.45) is 5.14 Å². The van der Waals surface area contributed by atoms with Crippen LogP contribution in [0, 0.1) is 0 Å². The third-order valence-corrected chi connectivity index (χ3v) is 19.4. The average Bonchev–Trinajstić information content (AvgIpc) is 1.61. The molecule has 4 aromatic rings. The van der Waals surface area contributed by atoms with Gasteiger partial charge < -0.3 is 25.3 Å². The van der Waals surface area contributed by atoms with Gasteiger partial charge in [0.05, 0.1) is 39.7 Å². The van der Waals surface area contributed by atoms with E-state index in [1.807, 2.05) is 46.8 Å². The maximum atomic E-state index is 14.1. The fourth-order valence-corrected chi connectivity index (χ4v) is 13.0. The van der Waals surface area contributed by atoms with Crippen molar-refractivity contribution in [2.45, 2.75) is 82.4 Å². The summed E-state index contributed by atoms with van der Waals surface area (Å²) in [5, 5.41) is 17.0. The second kappa shape index (κ2) is 27.8. The van der Waals surface area contributed by atoms with Gasteiger partial charge in [0.1, 0.15) is 6.54 Å². The number of fused-ring (bicyclic) bond motifs is 2. The molecule has 0 atom stereocenters.